The van der Waals surface area contributed by atoms with Crippen molar-refractivity contribution >= 4 is 23.0 Å². The Morgan fingerprint density at radius 1 is 1.16 bits per heavy atom. The topological polar surface area (TPSA) is 64.3 Å². The predicted octanol–water partition coefficient (Wildman–Crippen LogP) is 2.73. The number of nitrogens with one attached hydrogen (secondary N) is 1. The maximum absolute atomic E-state index is 11.1. The lowest BCUT2D eigenvalue weighted by molar-refractivity contribution is -0.139. The summed E-state index contributed by atoms with van der Waals surface area (Å²) in [6.45, 7) is 0. The Morgan fingerprint density at radius 2 is 1.84 bits per heavy atom. The summed E-state index contributed by atoms with van der Waals surface area (Å²) in [5, 5.41) is 3.23. The summed E-state index contributed by atoms with van der Waals surface area (Å²) in [7, 11) is 1.39. The second-order valence-electron chi connectivity index (χ2n) is 4.16. The van der Waals surface area contributed by atoms with Crippen LogP contribution in [0.15, 0.2) is 48.5 Å². The average molecular weight is 256 g/mol. The van der Waals surface area contributed by atoms with Gasteiger partial charge in [-0.05, 0) is 29.8 Å². The highest BCUT2D eigenvalue weighted by Crippen LogP contribution is 2.22. The minimum atomic E-state index is -0.243. The van der Waals surface area contributed by atoms with Gasteiger partial charge in [-0.3, -0.25) is 4.79 Å². The van der Waals surface area contributed by atoms with Crippen molar-refractivity contribution in [2.75, 3.05) is 18.2 Å². The highest BCUT2D eigenvalue weighted by molar-refractivity contribution is 5.74. The monoisotopic (exact) mass is 256 g/mol. The van der Waals surface area contributed by atoms with Crippen LogP contribution in [0.5, 0.6) is 0 Å². The quantitative estimate of drug-likeness (QED) is 0.652. The molecule has 4 nitrogen and oxygen atoms in total. The molecule has 2 aromatic carbocycles. The third-order valence-corrected chi connectivity index (χ3v) is 2.77. The Kier molecular flexibility index (Phi) is 4.03. The maximum atomic E-state index is 11.1. The average Bonchev–Trinajstić information content (AvgIpc) is 2.43. The van der Waals surface area contributed by atoms with Gasteiger partial charge in [-0.25, -0.2) is 0 Å². The first-order valence-electron chi connectivity index (χ1n) is 5.96. The number of carbonyl (C=O) groups is 1. The van der Waals surface area contributed by atoms with Crippen LogP contribution in [0, 0.1) is 0 Å². The largest absolute Gasteiger partial charge is 0.469 e. The number of anilines is 3. The summed E-state index contributed by atoms with van der Waals surface area (Å²) in [5.74, 6) is -0.243. The fourth-order valence-electron chi connectivity index (χ4n) is 1.71. The first-order valence-corrected chi connectivity index (χ1v) is 5.96. The molecule has 0 atom stereocenters. The summed E-state index contributed by atoms with van der Waals surface area (Å²) >= 11 is 0. The number of para-hydroxylation sites is 2. The van der Waals surface area contributed by atoms with Crippen LogP contribution >= 0.6 is 0 Å². The smallest absolute Gasteiger partial charge is 0.309 e. The highest BCUT2D eigenvalue weighted by Gasteiger charge is 2.03. The molecule has 2 aromatic rings. The minimum Gasteiger partial charge on any atom is -0.469 e. The molecule has 0 amide bonds. The van der Waals surface area contributed by atoms with Gasteiger partial charge >= 0.3 is 5.97 Å². The molecule has 0 aliphatic heterocycles. The van der Waals surface area contributed by atoms with Crippen molar-refractivity contribution in [1.82, 2.24) is 0 Å². The molecule has 0 bridgehead atoms. The molecular formula is C15H16N2O2. The van der Waals surface area contributed by atoms with Gasteiger partial charge in [0.1, 0.15) is 0 Å². The van der Waals surface area contributed by atoms with Crippen LogP contribution in [-0.4, -0.2) is 13.1 Å². The molecule has 0 aliphatic rings. The van der Waals surface area contributed by atoms with Gasteiger partial charge in [-0.1, -0.05) is 24.3 Å². The van der Waals surface area contributed by atoms with Crippen molar-refractivity contribution in [3.63, 3.8) is 0 Å². The zero-order chi connectivity index (χ0) is 13.7. The Balaban J connectivity index is 2.07. The molecule has 0 aliphatic carbocycles. The Labute approximate surface area is 112 Å². The number of hydrogen-bond donors (Lipinski definition) is 2. The van der Waals surface area contributed by atoms with Crippen LogP contribution in [0.1, 0.15) is 5.56 Å². The highest BCUT2D eigenvalue weighted by atomic mass is 16.5. The molecule has 0 fully saturated rings. The molecule has 2 rings (SSSR count). The second kappa shape index (κ2) is 5.91. The standard InChI is InChI=1S/C15H16N2O2/c1-19-15(18)10-11-6-8-12(9-7-11)17-14-5-3-2-4-13(14)16/h2-9,17H,10,16H2,1H3. The lowest BCUT2D eigenvalue weighted by atomic mass is 10.1. The normalized spacial score (nSPS) is 9.95. The fraction of sp³-hybridized carbons (Fsp3) is 0.133. The Morgan fingerprint density at radius 3 is 2.47 bits per heavy atom. The summed E-state index contributed by atoms with van der Waals surface area (Å²) in [6.07, 6.45) is 0.282. The van der Waals surface area contributed by atoms with Crippen molar-refractivity contribution in [2.45, 2.75) is 6.42 Å². The molecule has 0 radical (unpaired) electrons. The van der Waals surface area contributed by atoms with Crippen molar-refractivity contribution in [2.24, 2.45) is 0 Å². The fourth-order valence-corrected chi connectivity index (χ4v) is 1.71. The molecule has 0 spiro atoms. The summed E-state index contributed by atoms with van der Waals surface area (Å²) < 4.78 is 4.62. The van der Waals surface area contributed by atoms with Crippen LogP contribution in [-0.2, 0) is 16.0 Å². The van der Waals surface area contributed by atoms with E-state index < -0.39 is 0 Å². The van der Waals surface area contributed by atoms with Gasteiger partial charge in [-0.2, -0.15) is 0 Å². The molecule has 19 heavy (non-hydrogen) atoms. The van der Waals surface area contributed by atoms with Crippen LogP contribution < -0.4 is 11.1 Å². The van der Waals surface area contributed by atoms with Crippen molar-refractivity contribution < 1.29 is 9.53 Å². The Bertz CT molecular complexity index is 565. The van der Waals surface area contributed by atoms with Crippen LogP contribution in [0.4, 0.5) is 17.1 Å². The summed E-state index contributed by atoms with van der Waals surface area (Å²) in [4.78, 5) is 11.1. The Hall–Kier alpha value is -2.49. The summed E-state index contributed by atoms with van der Waals surface area (Å²) in [6, 6.07) is 15.2. The van der Waals surface area contributed by atoms with E-state index in [1.54, 1.807) is 0 Å². The molecule has 0 unspecified atom stereocenters. The lowest BCUT2D eigenvalue weighted by Gasteiger charge is -2.09. The zero-order valence-electron chi connectivity index (χ0n) is 10.7. The lowest BCUT2D eigenvalue weighted by Crippen LogP contribution is -2.04. The third kappa shape index (κ3) is 3.48. The third-order valence-electron chi connectivity index (χ3n) is 2.77. The van der Waals surface area contributed by atoms with E-state index in [1.165, 1.54) is 7.11 Å². The van der Waals surface area contributed by atoms with Crippen molar-refractivity contribution in [1.29, 1.82) is 0 Å². The molecule has 0 aromatic heterocycles. The molecular weight excluding hydrogens is 240 g/mol. The molecule has 4 heteroatoms. The van der Waals surface area contributed by atoms with E-state index in [2.05, 4.69) is 10.1 Å². The molecule has 98 valence electrons. The van der Waals surface area contributed by atoms with E-state index in [0.717, 1.165) is 16.9 Å². The van der Waals surface area contributed by atoms with E-state index >= 15 is 0 Å². The first kappa shape index (κ1) is 13.0. The van der Waals surface area contributed by atoms with Gasteiger partial charge in [0, 0.05) is 5.69 Å². The number of nitrogen functional groups attached to an aromatic ring is 1. The van der Waals surface area contributed by atoms with Gasteiger partial charge in [-0.15, -0.1) is 0 Å². The molecule has 0 saturated heterocycles. The van der Waals surface area contributed by atoms with Crippen LogP contribution in [0.2, 0.25) is 0 Å². The van der Waals surface area contributed by atoms with Gasteiger partial charge in [0.25, 0.3) is 0 Å². The van der Waals surface area contributed by atoms with E-state index in [9.17, 15) is 4.79 Å². The van der Waals surface area contributed by atoms with Crippen LogP contribution in [0.25, 0.3) is 0 Å². The van der Waals surface area contributed by atoms with E-state index in [0.29, 0.717) is 5.69 Å². The molecule has 0 saturated carbocycles. The van der Waals surface area contributed by atoms with Crippen LogP contribution in [0.3, 0.4) is 0 Å². The van der Waals surface area contributed by atoms with Gasteiger partial charge in [0.05, 0.1) is 24.9 Å². The van der Waals surface area contributed by atoms with E-state index in [1.807, 2.05) is 48.5 Å². The van der Waals surface area contributed by atoms with Gasteiger partial charge in [0.15, 0.2) is 0 Å². The molecule has 3 N–H and O–H groups in total. The number of esters is 1. The van der Waals surface area contributed by atoms with E-state index in [4.69, 9.17) is 5.73 Å². The van der Waals surface area contributed by atoms with Gasteiger partial charge < -0.3 is 15.8 Å². The number of methoxy groups -OCH3 is 1. The number of nitrogens with two attached hydrogens (primary N) is 1. The SMILES string of the molecule is COC(=O)Cc1ccc(Nc2ccccc2N)cc1. The number of hydrogen-bond acceptors (Lipinski definition) is 4. The second-order valence-corrected chi connectivity index (χ2v) is 4.16. The maximum Gasteiger partial charge on any atom is 0.309 e. The predicted molar refractivity (Wildman–Crippen MR) is 76.3 cm³/mol. The van der Waals surface area contributed by atoms with Crippen molar-refractivity contribution in [3.8, 4) is 0 Å². The van der Waals surface area contributed by atoms with Gasteiger partial charge in [0.2, 0.25) is 0 Å². The number of carbonyl (C=O) groups excluding carboxylic acids is 1. The zero-order valence-corrected chi connectivity index (χ0v) is 10.7. The van der Waals surface area contributed by atoms with Crippen molar-refractivity contribution in [3.05, 3.63) is 54.1 Å². The first-order chi connectivity index (χ1) is 9.19. The minimum absolute atomic E-state index is 0.243. The number of benzene rings is 2. The summed E-state index contributed by atoms with van der Waals surface area (Å²) in [5.41, 5.74) is 9.26. The van der Waals surface area contributed by atoms with E-state index in [-0.39, 0.29) is 12.4 Å². The molecule has 0 heterocycles. The number of ether oxygens (including phenoxy) is 1. The number of rotatable bonds is 4.